The van der Waals surface area contributed by atoms with Gasteiger partial charge in [-0.3, -0.25) is 9.59 Å². The van der Waals surface area contributed by atoms with E-state index in [-0.39, 0.29) is 17.9 Å². The Bertz CT molecular complexity index is 876. The van der Waals surface area contributed by atoms with Gasteiger partial charge < -0.3 is 10.3 Å². The number of rotatable bonds is 5. The minimum atomic E-state index is -3.32. The highest BCUT2D eigenvalue weighted by Gasteiger charge is 2.28. The minimum absolute atomic E-state index is 0.0372. The first-order valence-electron chi connectivity index (χ1n) is 7.39. The summed E-state index contributed by atoms with van der Waals surface area (Å²) in [7, 11) is -3.32. The Morgan fingerprint density at radius 3 is 2.50 bits per heavy atom. The zero-order chi connectivity index (χ0) is 18.0. The maximum absolute atomic E-state index is 12.1. The van der Waals surface area contributed by atoms with E-state index in [0.717, 1.165) is 4.88 Å². The number of carbonyl (C=O) groups is 1. The van der Waals surface area contributed by atoms with Crippen LogP contribution in [-0.2, 0) is 9.84 Å². The summed E-state index contributed by atoms with van der Waals surface area (Å²) in [5.41, 5.74) is 0.0994. The Morgan fingerprint density at radius 1 is 1.25 bits per heavy atom. The van der Waals surface area contributed by atoms with Gasteiger partial charge in [0, 0.05) is 6.54 Å². The van der Waals surface area contributed by atoms with E-state index in [2.05, 4.69) is 10.3 Å². The highest BCUT2D eigenvalue weighted by Crippen LogP contribution is 2.21. The molecule has 0 aliphatic carbocycles. The molecule has 0 atom stereocenters. The fourth-order valence-corrected chi connectivity index (χ4v) is 3.62. The zero-order valence-electron chi connectivity index (χ0n) is 13.8. The largest absolute Gasteiger partial charge is 0.351 e. The van der Waals surface area contributed by atoms with E-state index >= 15 is 0 Å². The molecule has 2 aromatic heterocycles. The maximum Gasteiger partial charge on any atom is 0.261 e. The third-order valence-electron chi connectivity index (χ3n) is 3.53. The van der Waals surface area contributed by atoms with E-state index in [1.165, 1.54) is 17.4 Å². The van der Waals surface area contributed by atoms with Gasteiger partial charge in [0.05, 0.1) is 21.1 Å². The van der Waals surface area contributed by atoms with Gasteiger partial charge in [0.1, 0.15) is 5.56 Å². The number of hydrogen-bond acceptors (Lipinski definition) is 5. The molecule has 0 bridgehead atoms. The lowest BCUT2D eigenvalue weighted by Gasteiger charge is -2.19. The smallest absolute Gasteiger partial charge is 0.261 e. The molecule has 8 heteroatoms. The second-order valence-corrected chi connectivity index (χ2v) is 10.1. The average molecular weight is 368 g/mol. The molecule has 24 heavy (non-hydrogen) atoms. The van der Waals surface area contributed by atoms with Crippen LogP contribution in [0, 0.1) is 0 Å². The summed E-state index contributed by atoms with van der Waals surface area (Å²) in [5.74, 6) is -0.758. The van der Waals surface area contributed by atoms with Gasteiger partial charge in [0.25, 0.3) is 11.5 Å². The summed E-state index contributed by atoms with van der Waals surface area (Å²) in [6.07, 6.45) is 0. The van der Waals surface area contributed by atoms with Gasteiger partial charge >= 0.3 is 0 Å². The van der Waals surface area contributed by atoms with E-state index < -0.39 is 26.1 Å². The van der Waals surface area contributed by atoms with Crippen LogP contribution >= 0.6 is 11.3 Å². The van der Waals surface area contributed by atoms with Crippen LogP contribution in [0.25, 0.3) is 10.6 Å². The lowest BCUT2D eigenvalue weighted by atomic mass is 10.2. The molecule has 0 saturated heterocycles. The number of H-pyrrole nitrogens is 1. The lowest BCUT2D eigenvalue weighted by molar-refractivity contribution is 0.0954. The summed E-state index contributed by atoms with van der Waals surface area (Å²) in [5, 5.41) is 4.38. The lowest BCUT2D eigenvalue weighted by Crippen LogP contribution is -2.37. The molecule has 6 nitrogen and oxygen atoms in total. The zero-order valence-corrected chi connectivity index (χ0v) is 15.4. The number of hydrogen-bond donors (Lipinski definition) is 2. The van der Waals surface area contributed by atoms with Crippen molar-refractivity contribution in [1.29, 1.82) is 0 Å². The van der Waals surface area contributed by atoms with E-state index in [1.54, 1.807) is 26.8 Å². The summed E-state index contributed by atoms with van der Waals surface area (Å²) in [6, 6.07) is 6.84. The molecular weight excluding hydrogens is 348 g/mol. The van der Waals surface area contributed by atoms with Crippen molar-refractivity contribution in [2.75, 3.05) is 12.3 Å². The summed E-state index contributed by atoms with van der Waals surface area (Å²) in [6.45, 7) is 4.79. The third kappa shape index (κ3) is 4.12. The first kappa shape index (κ1) is 18.4. The molecule has 2 N–H and O–H groups in total. The van der Waals surface area contributed by atoms with Crippen LogP contribution in [0.4, 0.5) is 0 Å². The number of nitrogens with one attached hydrogen (secondary N) is 2. The number of sulfone groups is 1. The molecule has 2 heterocycles. The monoisotopic (exact) mass is 368 g/mol. The predicted octanol–water partition coefficient (Wildman–Crippen LogP) is 2.05. The Hall–Kier alpha value is -1.93. The summed E-state index contributed by atoms with van der Waals surface area (Å²) >= 11 is 1.48. The Labute approximate surface area is 144 Å². The molecule has 0 aliphatic rings. The second kappa shape index (κ2) is 6.90. The Kier molecular flexibility index (Phi) is 5.29. The van der Waals surface area contributed by atoms with Gasteiger partial charge in [-0.1, -0.05) is 6.07 Å². The van der Waals surface area contributed by atoms with Crippen molar-refractivity contribution in [2.24, 2.45) is 0 Å². The summed E-state index contributed by atoms with van der Waals surface area (Å²) < 4.78 is 23.1. The Morgan fingerprint density at radius 2 is 1.96 bits per heavy atom. The number of pyridine rings is 1. The fourth-order valence-electron chi connectivity index (χ4n) is 1.93. The van der Waals surface area contributed by atoms with Crippen LogP contribution in [0.1, 0.15) is 31.1 Å². The molecule has 0 spiro atoms. The minimum Gasteiger partial charge on any atom is -0.351 e. The molecule has 2 aromatic rings. The first-order valence-corrected chi connectivity index (χ1v) is 9.93. The van der Waals surface area contributed by atoms with Gasteiger partial charge in [-0.25, -0.2) is 8.42 Å². The van der Waals surface area contributed by atoms with Crippen molar-refractivity contribution in [1.82, 2.24) is 10.3 Å². The molecule has 130 valence electrons. The highest BCUT2D eigenvalue weighted by atomic mass is 32.2. The van der Waals surface area contributed by atoms with Crippen LogP contribution in [0.3, 0.4) is 0 Å². The van der Waals surface area contributed by atoms with E-state index in [0.29, 0.717) is 5.69 Å². The van der Waals surface area contributed by atoms with Crippen molar-refractivity contribution in [3.05, 3.63) is 45.6 Å². The molecule has 0 aliphatic heterocycles. The van der Waals surface area contributed by atoms with Crippen molar-refractivity contribution in [3.8, 4) is 10.6 Å². The van der Waals surface area contributed by atoms with Crippen LogP contribution in [0.2, 0.25) is 0 Å². The molecule has 0 unspecified atom stereocenters. The van der Waals surface area contributed by atoms with Gasteiger partial charge in [0.15, 0.2) is 9.84 Å². The van der Waals surface area contributed by atoms with Crippen molar-refractivity contribution >= 4 is 27.1 Å². The number of amides is 1. The molecular formula is C16H20N2O4S2. The van der Waals surface area contributed by atoms with Gasteiger partial charge in [-0.05, 0) is 44.4 Å². The first-order chi connectivity index (χ1) is 11.1. The number of thiophene rings is 1. The van der Waals surface area contributed by atoms with Crippen LogP contribution in [-0.4, -0.2) is 36.4 Å². The number of aromatic nitrogens is 1. The molecule has 1 amide bonds. The molecule has 0 saturated carbocycles. The predicted molar refractivity (Wildman–Crippen MR) is 96.2 cm³/mol. The average Bonchev–Trinajstić information content (AvgIpc) is 2.99. The standard InChI is InChI=1S/C16H20N2O4S2/c1-16(2,3)24(21,22)10-8-17-14(19)11-6-7-12(18-15(11)20)13-5-4-9-23-13/h4-7,9H,8,10H2,1-3H3,(H,17,19)(H,18,20). The normalized spacial score (nSPS) is 12.1. The van der Waals surface area contributed by atoms with E-state index in [9.17, 15) is 18.0 Å². The van der Waals surface area contributed by atoms with Gasteiger partial charge in [0.2, 0.25) is 0 Å². The van der Waals surface area contributed by atoms with E-state index in [1.807, 2.05) is 17.5 Å². The van der Waals surface area contributed by atoms with Crippen molar-refractivity contribution in [2.45, 2.75) is 25.5 Å². The quantitative estimate of drug-likeness (QED) is 0.844. The molecule has 0 radical (unpaired) electrons. The van der Waals surface area contributed by atoms with Crippen LogP contribution in [0.5, 0.6) is 0 Å². The van der Waals surface area contributed by atoms with Crippen molar-refractivity contribution < 1.29 is 13.2 Å². The van der Waals surface area contributed by atoms with E-state index in [4.69, 9.17) is 0 Å². The second-order valence-electron chi connectivity index (χ2n) is 6.28. The Balaban J connectivity index is 2.05. The number of aromatic amines is 1. The third-order valence-corrected chi connectivity index (χ3v) is 7.04. The highest BCUT2D eigenvalue weighted by molar-refractivity contribution is 7.92. The topological polar surface area (TPSA) is 96.1 Å². The molecule has 2 rings (SSSR count). The van der Waals surface area contributed by atoms with Crippen LogP contribution in [0.15, 0.2) is 34.4 Å². The molecule has 0 aromatic carbocycles. The number of carbonyl (C=O) groups excluding carboxylic acids is 1. The summed E-state index contributed by atoms with van der Waals surface area (Å²) in [4.78, 5) is 27.7. The van der Waals surface area contributed by atoms with Crippen molar-refractivity contribution in [3.63, 3.8) is 0 Å². The molecule has 0 fully saturated rings. The SMILES string of the molecule is CC(C)(C)S(=O)(=O)CCNC(=O)c1ccc(-c2cccs2)[nH]c1=O. The van der Waals surface area contributed by atoms with Crippen LogP contribution < -0.4 is 10.9 Å². The van der Waals surface area contributed by atoms with Gasteiger partial charge in [-0.2, -0.15) is 0 Å². The van der Waals surface area contributed by atoms with Gasteiger partial charge in [-0.15, -0.1) is 11.3 Å². The fraction of sp³-hybridized carbons (Fsp3) is 0.375. The maximum atomic E-state index is 12.1.